The molecule has 1 aliphatic heterocycles. The second-order valence-corrected chi connectivity index (χ2v) is 19.7. The van der Waals surface area contributed by atoms with Crippen LogP contribution in [-0.4, -0.2) is 87.5 Å². The second-order valence-electron chi connectivity index (χ2n) is 19.7. The van der Waals surface area contributed by atoms with Crippen molar-refractivity contribution in [2.24, 2.45) is 0 Å². The number of unbranched alkanes of at least 4 members (excludes halogenated alkanes) is 32. The van der Waals surface area contributed by atoms with Gasteiger partial charge >= 0.3 is 0 Å². The van der Waals surface area contributed by atoms with Crippen LogP contribution in [0.4, 0.5) is 0 Å². The Kier molecular flexibility index (Phi) is 45.1. The van der Waals surface area contributed by atoms with Crippen LogP contribution in [0.15, 0.2) is 48.6 Å². The number of hydrogen-bond acceptors (Lipinski definition) is 8. The molecule has 9 heteroatoms. The smallest absolute Gasteiger partial charge is 0.220 e. The third-order valence-corrected chi connectivity index (χ3v) is 13.4. The van der Waals surface area contributed by atoms with Crippen molar-refractivity contribution in [2.45, 2.75) is 301 Å². The standard InChI is InChI=1S/C58H107NO8/c1-3-5-7-9-11-13-15-17-19-21-22-23-24-25-26-27-28-29-30-32-34-36-38-40-42-44-46-48-54(62)59-51(50-66-58-57(65)56(64)55(63)53(49-60)67-58)52(61)47-45-43-41-39-37-35-33-31-20-18-16-14-12-10-8-6-4-2/h20-22,31,37,39,45,47,51-53,55-58,60-61,63-65H,3-19,23-30,32-36,38,40-44,46,48-50H2,1-2H3,(H,59,62)/b22-21-,31-20+,39-37+,47-45+. The van der Waals surface area contributed by atoms with Gasteiger partial charge in [-0.25, -0.2) is 0 Å². The number of hydrogen-bond donors (Lipinski definition) is 6. The maximum absolute atomic E-state index is 13.0. The number of amides is 1. The van der Waals surface area contributed by atoms with E-state index in [-0.39, 0.29) is 12.5 Å². The highest BCUT2D eigenvalue weighted by molar-refractivity contribution is 5.76. The van der Waals surface area contributed by atoms with Crippen LogP contribution in [-0.2, 0) is 14.3 Å². The number of rotatable bonds is 48. The number of allylic oxidation sites excluding steroid dienone is 7. The zero-order chi connectivity index (χ0) is 48.7. The molecule has 392 valence electrons. The van der Waals surface area contributed by atoms with Gasteiger partial charge in [0.05, 0.1) is 25.4 Å². The van der Waals surface area contributed by atoms with Gasteiger partial charge in [0.25, 0.3) is 0 Å². The maximum Gasteiger partial charge on any atom is 0.220 e. The van der Waals surface area contributed by atoms with Gasteiger partial charge in [-0.15, -0.1) is 0 Å². The van der Waals surface area contributed by atoms with E-state index in [1.165, 1.54) is 193 Å². The lowest BCUT2D eigenvalue weighted by atomic mass is 9.99. The van der Waals surface area contributed by atoms with Crippen molar-refractivity contribution in [3.8, 4) is 0 Å². The highest BCUT2D eigenvalue weighted by atomic mass is 16.7. The van der Waals surface area contributed by atoms with E-state index in [0.29, 0.717) is 6.42 Å². The molecule has 0 aliphatic carbocycles. The van der Waals surface area contributed by atoms with Crippen molar-refractivity contribution in [3.63, 3.8) is 0 Å². The second kappa shape index (κ2) is 47.8. The lowest BCUT2D eigenvalue weighted by molar-refractivity contribution is -0.302. The van der Waals surface area contributed by atoms with Crippen LogP contribution in [0.1, 0.15) is 258 Å². The van der Waals surface area contributed by atoms with Gasteiger partial charge in [-0.1, -0.05) is 229 Å². The van der Waals surface area contributed by atoms with Crippen molar-refractivity contribution >= 4 is 5.91 Å². The van der Waals surface area contributed by atoms with E-state index >= 15 is 0 Å². The molecular weight excluding hydrogens is 839 g/mol. The van der Waals surface area contributed by atoms with Gasteiger partial charge in [0.2, 0.25) is 5.91 Å². The summed E-state index contributed by atoms with van der Waals surface area (Å²) in [4.78, 5) is 13.0. The summed E-state index contributed by atoms with van der Waals surface area (Å²) in [5.74, 6) is -0.189. The van der Waals surface area contributed by atoms with Crippen molar-refractivity contribution in [1.29, 1.82) is 0 Å². The summed E-state index contributed by atoms with van der Waals surface area (Å²) < 4.78 is 11.2. The number of aliphatic hydroxyl groups excluding tert-OH is 5. The molecular formula is C58H107NO8. The van der Waals surface area contributed by atoms with Crippen molar-refractivity contribution in [2.75, 3.05) is 13.2 Å². The van der Waals surface area contributed by atoms with Gasteiger partial charge in [0, 0.05) is 6.42 Å². The normalized spacial score (nSPS) is 20.0. The Morgan fingerprint density at radius 1 is 0.493 bits per heavy atom. The van der Waals surface area contributed by atoms with E-state index in [1.807, 2.05) is 6.08 Å². The predicted octanol–water partition coefficient (Wildman–Crippen LogP) is 13.7. The summed E-state index contributed by atoms with van der Waals surface area (Å²) in [7, 11) is 0. The Morgan fingerprint density at radius 2 is 0.851 bits per heavy atom. The van der Waals surface area contributed by atoms with E-state index in [2.05, 4.69) is 55.6 Å². The Hall–Kier alpha value is -1.85. The zero-order valence-corrected chi connectivity index (χ0v) is 43.4. The first kappa shape index (κ1) is 63.2. The Balaban J connectivity index is 2.23. The molecule has 9 nitrogen and oxygen atoms in total. The van der Waals surface area contributed by atoms with Crippen molar-refractivity contribution < 1.29 is 39.8 Å². The van der Waals surface area contributed by atoms with Crippen LogP contribution >= 0.6 is 0 Å². The number of nitrogens with one attached hydrogen (secondary N) is 1. The van der Waals surface area contributed by atoms with Gasteiger partial charge < -0.3 is 40.3 Å². The number of carbonyl (C=O) groups is 1. The monoisotopic (exact) mass is 946 g/mol. The zero-order valence-electron chi connectivity index (χ0n) is 43.4. The SMILES string of the molecule is CCCCCCCCC/C=C/CC/C=C/CC/C=C/C(O)C(COC1OC(CO)C(O)C(O)C1O)NC(=O)CCCCCCCCCCCCCCCCC/C=C\CCCCCCCCCC. The fourth-order valence-electron chi connectivity index (χ4n) is 8.83. The summed E-state index contributed by atoms with van der Waals surface area (Å²) in [5, 5.41) is 54.4. The number of ether oxygens (including phenoxy) is 2. The Morgan fingerprint density at radius 3 is 1.25 bits per heavy atom. The molecule has 1 aliphatic rings. The van der Waals surface area contributed by atoms with Gasteiger partial charge in [-0.3, -0.25) is 4.79 Å². The molecule has 0 aromatic rings. The summed E-state index contributed by atoms with van der Waals surface area (Å²) in [6.07, 6.45) is 56.1. The Labute approximate surface area is 412 Å². The molecule has 1 heterocycles. The van der Waals surface area contributed by atoms with Gasteiger partial charge in [-0.2, -0.15) is 0 Å². The van der Waals surface area contributed by atoms with Crippen molar-refractivity contribution in [1.82, 2.24) is 5.32 Å². The third-order valence-electron chi connectivity index (χ3n) is 13.4. The van der Waals surface area contributed by atoms with Crippen LogP contribution < -0.4 is 5.32 Å². The molecule has 0 aromatic heterocycles. The topological polar surface area (TPSA) is 149 Å². The maximum atomic E-state index is 13.0. The molecule has 0 bridgehead atoms. The minimum Gasteiger partial charge on any atom is -0.394 e. The van der Waals surface area contributed by atoms with Gasteiger partial charge in [-0.05, 0) is 70.6 Å². The van der Waals surface area contributed by atoms with Gasteiger partial charge in [0.1, 0.15) is 24.4 Å². The fourth-order valence-corrected chi connectivity index (χ4v) is 8.83. The molecule has 67 heavy (non-hydrogen) atoms. The predicted molar refractivity (Wildman–Crippen MR) is 281 cm³/mol. The first-order valence-electron chi connectivity index (χ1n) is 28.4. The Bertz CT molecular complexity index is 1190. The minimum absolute atomic E-state index is 0.189. The lowest BCUT2D eigenvalue weighted by Gasteiger charge is -2.40. The molecule has 1 rings (SSSR count). The van der Waals surface area contributed by atoms with E-state index in [1.54, 1.807) is 6.08 Å². The number of carbonyl (C=O) groups excluding carboxylic acids is 1. The first-order valence-corrected chi connectivity index (χ1v) is 28.4. The van der Waals surface area contributed by atoms with Crippen LogP contribution in [0.25, 0.3) is 0 Å². The van der Waals surface area contributed by atoms with E-state index in [4.69, 9.17) is 9.47 Å². The molecule has 7 unspecified atom stereocenters. The molecule has 1 fully saturated rings. The highest BCUT2D eigenvalue weighted by Crippen LogP contribution is 2.23. The van der Waals surface area contributed by atoms with E-state index in [0.717, 1.165) is 44.9 Å². The van der Waals surface area contributed by atoms with Crippen LogP contribution in [0.3, 0.4) is 0 Å². The number of aliphatic hydroxyl groups is 5. The van der Waals surface area contributed by atoms with Crippen LogP contribution in [0, 0.1) is 0 Å². The summed E-state index contributed by atoms with van der Waals surface area (Å²) in [5.41, 5.74) is 0. The third kappa shape index (κ3) is 37.6. The first-order chi connectivity index (χ1) is 32.8. The van der Waals surface area contributed by atoms with Crippen LogP contribution in [0.5, 0.6) is 0 Å². The molecule has 0 saturated carbocycles. The van der Waals surface area contributed by atoms with Gasteiger partial charge in [0.15, 0.2) is 6.29 Å². The molecule has 0 spiro atoms. The highest BCUT2D eigenvalue weighted by Gasteiger charge is 2.44. The molecule has 1 saturated heterocycles. The average Bonchev–Trinajstić information content (AvgIpc) is 3.33. The summed E-state index contributed by atoms with van der Waals surface area (Å²) in [6.45, 7) is 3.76. The summed E-state index contributed by atoms with van der Waals surface area (Å²) >= 11 is 0. The minimum atomic E-state index is -1.57. The quantitative estimate of drug-likeness (QED) is 0.0261. The molecule has 7 atom stereocenters. The molecule has 0 aromatic carbocycles. The molecule has 0 radical (unpaired) electrons. The van der Waals surface area contributed by atoms with E-state index < -0.39 is 49.5 Å². The molecule has 1 amide bonds. The van der Waals surface area contributed by atoms with Crippen molar-refractivity contribution in [3.05, 3.63) is 48.6 Å². The van der Waals surface area contributed by atoms with E-state index in [9.17, 15) is 30.3 Å². The fraction of sp³-hybridized carbons (Fsp3) is 0.845. The average molecular weight is 946 g/mol. The molecule has 6 N–H and O–H groups in total. The lowest BCUT2D eigenvalue weighted by Crippen LogP contribution is -2.60. The largest absolute Gasteiger partial charge is 0.394 e. The summed E-state index contributed by atoms with van der Waals surface area (Å²) in [6, 6.07) is -0.828. The van der Waals surface area contributed by atoms with Crippen LogP contribution in [0.2, 0.25) is 0 Å².